The minimum Gasteiger partial charge on any atom is -0.481 e. The van der Waals surface area contributed by atoms with Gasteiger partial charge in [-0.1, -0.05) is 30.4 Å². The van der Waals surface area contributed by atoms with E-state index in [2.05, 4.69) is 0 Å². The number of hydrogen-bond donors (Lipinski definition) is 5. The number of unbranched alkanes of at least 4 members (excludes halogenated alkanes) is 2. The Labute approximate surface area is 362 Å². The molecule has 0 aliphatic carbocycles. The molecule has 0 saturated carbocycles. The lowest BCUT2D eigenvalue weighted by Crippen LogP contribution is -2.33. The van der Waals surface area contributed by atoms with Crippen molar-refractivity contribution in [2.45, 2.75) is 73.0 Å². The number of methoxy groups -OCH3 is 1. The average molecular weight is 946 g/mol. The van der Waals surface area contributed by atoms with Crippen LogP contribution in [0.1, 0.15) is 63.5 Å². The predicted molar refractivity (Wildman–Crippen MR) is 231 cm³/mol. The van der Waals surface area contributed by atoms with Crippen molar-refractivity contribution in [1.29, 1.82) is 0 Å². The highest BCUT2D eigenvalue weighted by molar-refractivity contribution is 7.86. The first-order chi connectivity index (χ1) is 28.8. The van der Waals surface area contributed by atoms with E-state index < -0.39 is 78.6 Å². The normalized spacial score (nSPS) is 20.4. The van der Waals surface area contributed by atoms with Gasteiger partial charge >= 0.3 is 5.97 Å². The first kappa shape index (κ1) is 50.5. The van der Waals surface area contributed by atoms with E-state index in [-0.39, 0.29) is 39.0 Å². The Morgan fingerprint density at radius 2 is 1.31 bits per heavy atom. The summed E-state index contributed by atoms with van der Waals surface area (Å²) in [6.45, 7) is 4.81. The summed E-state index contributed by atoms with van der Waals surface area (Å²) in [5.74, 6) is -2.27. The van der Waals surface area contributed by atoms with Crippen molar-refractivity contribution in [1.82, 2.24) is 0 Å². The maximum Gasteiger partial charge on any atom is 0.303 e. The summed E-state index contributed by atoms with van der Waals surface area (Å²) < 4.78 is 148. The van der Waals surface area contributed by atoms with Crippen LogP contribution in [0.3, 0.4) is 0 Å². The number of rotatable bonds is 24. The molecule has 2 unspecified atom stereocenters. The van der Waals surface area contributed by atoms with Gasteiger partial charge in [-0.15, -0.1) is 0 Å². The van der Waals surface area contributed by atoms with Crippen LogP contribution in [0.4, 0.5) is 11.4 Å². The number of carboxylic acid groups (broad SMARTS) is 1. The van der Waals surface area contributed by atoms with Gasteiger partial charge in [0.15, 0.2) is 5.71 Å². The lowest BCUT2D eigenvalue weighted by atomic mass is 9.77. The van der Waals surface area contributed by atoms with Crippen molar-refractivity contribution < 1.29 is 75.8 Å². The van der Waals surface area contributed by atoms with Crippen LogP contribution in [0.5, 0.6) is 0 Å². The summed E-state index contributed by atoms with van der Waals surface area (Å²) in [5, 5.41) is 9.08. The Bertz CT molecular complexity index is 2600. The number of fused-ring (bicyclic) bond motifs is 2. The quantitative estimate of drug-likeness (QED) is 0.0412. The smallest absolute Gasteiger partial charge is 0.303 e. The van der Waals surface area contributed by atoms with E-state index in [1.807, 2.05) is 9.48 Å². The van der Waals surface area contributed by atoms with E-state index in [4.69, 9.17) is 14.6 Å². The first-order valence-corrected chi connectivity index (χ1v) is 25.5. The van der Waals surface area contributed by atoms with Crippen LogP contribution in [0.25, 0.3) is 0 Å². The predicted octanol–water partition coefficient (Wildman–Crippen LogP) is 4.73. The van der Waals surface area contributed by atoms with Gasteiger partial charge < -0.3 is 19.5 Å². The summed E-state index contributed by atoms with van der Waals surface area (Å²) >= 11 is 0. The molecule has 18 nitrogen and oxygen atoms in total. The lowest BCUT2D eigenvalue weighted by Gasteiger charge is -2.30. The number of benzene rings is 2. The fourth-order valence-electron chi connectivity index (χ4n) is 7.67. The van der Waals surface area contributed by atoms with E-state index in [0.717, 1.165) is 0 Å². The molecule has 0 spiro atoms. The molecule has 2 aromatic carbocycles. The standard InChI is InChI=1S/C40H52N2O16S4/c1-39(19-26-59(45,46)47)32-28-30(61(51,52)53)15-17-34(32)41(21-11-7-10-14-38(43)44)36(39)12-8-5-4-6-9-13-37-40(2,20-27-60(48,49)50)33-29-31(62(54,55)56)16-18-35(33)42(37)22-23-58-25-24-57-3/h4-6,8-9,12-13,15-18,28-29H,7,10-11,14,19-27H2,1-3H3,(H4-,43,44,45,46,47,48,49,50,51,52,53,54,55,56)/p+1. The molecule has 2 atom stereocenters. The molecule has 0 radical (unpaired) electrons. The Kier molecular flexibility index (Phi) is 16.8. The second-order valence-corrected chi connectivity index (χ2v) is 21.2. The van der Waals surface area contributed by atoms with E-state index >= 15 is 0 Å². The fraction of sp³-hybridized carbons (Fsp3) is 0.450. The Hall–Kier alpha value is -4.10. The SMILES string of the molecule is COCCOCCN1/C(=C/C=C/C=C/C=C/C2=[N+](CCCCCC(=O)O)c3ccc(S(=O)(=O)O)cc3C2(C)CCS(=O)(=O)O)C(C)(CCS(=O)(=O)O)c2cc(S(=O)(=O)O)ccc21. The van der Waals surface area contributed by atoms with Gasteiger partial charge in [-0.2, -0.15) is 38.2 Å². The third kappa shape index (κ3) is 13.2. The zero-order valence-corrected chi connectivity index (χ0v) is 37.7. The Balaban J connectivity index is 1.74. The molecule has 2 aliphatic rings. The summed E-state index contributed by atoms with van der Waals surface area (Å²) in [6, 6.07) is 7.99. The highest BCUT2D eigenvalue weighted by atomic mass is 32.2. The Morgan fingerprint density at radius 3 is 1.90 bits per heavy atom. The van der Waals surface area contributed by atoms with E-state index in [9.17, 15) is 56.7 Å². The molecule has 62 heavy (non-hydrogen) atoms. The zero-order chi connectivity index (χ0) is 46.1. The molecule has 22 heteroatoms. The van der Waals surface area contributed by atoms with Gasteiger partial charge in [0.1, 0.15) is 6.54 Å². The van der Waals surface area contributed by atoms with Gasteiger partial charge in [0.25, 0.3) is 40.5 Å². The van der Waals surface area contributed by atoms with E-state index in [1.165, 1.54) is 43.5 Å². The van der Waals surface area contributed by atoms with Crippen LogP contribution in [0.2, 0.25) is 0 Å². The molecule has 0 amide bonds. The molecule has 2 aliphatic heterocycles. The number of carbonyl (C=O) groups is 1. The molecule has 4 rings (SSSR count). The molecule has 0 bridgehead atoms. The molecular weight excluding hydrogens is 893 g/mol. The number of anilines is 1. The topological polar surface area (TPSA) is 279 Å². The molecule has 5 N–H and O–H groups in total. The molecule has 0 aromatic heterocycles. The van der Waals surface area contributed by atoms with Crippen LogP contribution < -0.4 is 4.90 Å². The minimum absolute atomic E-state index is 0.0289. The maximum absolute atomic E-state index is 12.2. The Morgan fingerprint density at radius 1 is 0.726 bits per heavy atom. The summed E-state index contributed by atoms with van der Waals surface area (Å²) in [6.07, 6.45) is 12.8. The van der Waals surface area contributed by atoms with Crippen LogP contribution in [0.15, 0.2) is 94.4 Å². The van der Waals surface area contributed by atoms with Crippen LogP contribution in [0, 0.1) is 0 Å². The van der Waals surface area contributed by atoms with Gasteiger partial charge in [0, 0.05) is 61.0 Å². The van der Waals surface area contributed by atoms with Crippen molar-refractivity contribution in [3.05, 3.63) is 95.8 Å². The lowest BCUT2D eigenvalue weighted by molar-refractivity contribution is -0.438. The highest BCUT2D eigenvalue weighted by Crippen LogP contribution is 2.51. The van der Waals surface area contributed by atoms with Crippen molar-refractivity contribution in [3.8, 4) is 0 Å². The molecule has 2 heterocycles. The minimum atomic E-state index is -4.65. The van der Waals surface area contributed by atoms with Crippen LogP contribution in [-0.2, 0) is 65.6 Å². The monoisotopic (exact) mass is 945 g/mol. The van der Waals surface area contributed by atoms with E-state index in [0.29, 0.717) is 66.3 Å². The van der Waals surface area contributed by atoms with Crippen molar-refractivity contribution in [3.63, 3.8) is 0 Å². The van der Waals surface area contributed by atoms with Crippen molar-refractivity contribution in [2.75, 3.05) is 56.4 Å². The van der Waals surface area contributed by atoms with Gasteiger partial charge in [-0.25, -0.2) is 0 Å². The third-order valence-corrected chi connectivity index (χ3v) is 14.0. The maximum atomic E-state index is 12.2. The molecule has 0 saturated heterocycles. The zero-order valence-electron chi connectivity index (χ0n) is 34.5. The molecule has 342 valence electrons. The summed E-state index contributed by atoms with van der Waals surface area (Å²) in [4.78, 5) is 12.1. The number of carboxylic acids is 1. The number of aliphatic carboxylic acids is 1. The molecule has 2 aromatic rings. The van der Waals surface area contributed by atoms with Crippen molar-refractivity contribution in [2.24, 2.45) is 0 Å². The second kappa shape index (κ2) is 20.6. The third-order valence-electron chi connectivity index (χ3n) is 10.9. The van der Waals surface area contributed by atoms with Crippen LogP contribution >= 0.6 is 0 Å². The van der Waals surface area contributed by atoms with Crippen LogP contribution in [-0.4, -0.2) is 125 Å². The van der Waals surface area contributed by atoms with Gasteiger partial charge in [-0.3, -0.25) is 23.0 Å². The number of allylic oxidation sites excluding steroid dienone is 8. The largest absolute Gasteiger partial charge is 0.481 e. The van der Waals surface area contributed by atoms with E-state index in [1.54, 1.807) is 56.4 Å². The number of ether oxygens (including phenoxy) is 2. The number of nitrogens with zero attached hydrogens (tertiary/aromatic N) is 2. The molecule has 0 fully saturated rings. The molecular formula is C40H53N2O16S4+. The summed E-state index contributed by atoms with van der Waals surface area (Å²) in [7, 11) is -16.7. The highest BCUT2D eigenvalue weighted by Gasteiger charge is 2.49. The fourth-order valence-corrected chi connectivity index (χ4v) is 10.0. The van der Waals surface area contributed by atoms with Gasteiger partial charge in [0.2, 0.25) is 5.69 Å². The first-order valence-electron chi connectivity index (χ1n) is 19.4. The average Bonchev–Trinajstić information content (AvgIpc) is 3.54. The van der Waals surface area contributed by atoms with Crippen molar-refractivity contribution >= 4 is 63.5 Å². The summed E-state index contributed by atoms with van der Waals surface area (Å²) in [5.41, 5.74) is 0.574. The number of hydrogen-bond acceptors (Lipinski definition) is 12. The van der Waals surface area contributed by atoms with Gasteiger partial charge in [0.05, 0.1) is 46.5 Å². The second-order valence-electron chi connectivity index (χ2n) is 15.2. The van der Waals surface area contributed by atoms with Gasteiger partial charge in [-0.05, 0) is 81.5 Å².